The van der Waals surface area contributed by atoms with Crippen LogP contribution in [0.25, 0.3) is 0 Å². The van der Waals surface area contributed by atoms with Crippen molar-refractivity contribution in [2.75, 3.05) is 11.9 Å². The van der Waals surface area contributed by atoms with Crippen LogP contribution in [0.4, 0.5) is 5.69 Å². The number of anilines is 1. The standard InChI is InChI=1S/C18H27N3O2/c1-14(22)21-16-7-5-6-15(10-16)12-20-17(23)11-18(13-19)8-3-2-4-9-18/h5-7,10H,2-4,8-9,11-13,19H2,1H3,(H,20,23)(H,21,22). The Morgan fingerprint density at radius 1 is 1.22 bits per heavy atom. The second-order valence-electron chi connectivity index (χ2n) is 6.60. The van der Waals surface area contributed by atoms with Crippen molar-refractivity contribution in [2.24, 2.45) is 11.1 Å². The number of hydrogen-bond donors (Lipinski definition) is 3. The van der Waals surface area contributed by atoms with Crippen molar-refractivity contribution in [1.29, 1.82) is 0 Å². The maximum Gasteiger partial charge on any atom is 0.221 e. The topological polar surface area (TPSA) is 84.2 Å². The number of nitrogens with two attached hydrogens (primary N) is 1. The van der Waals surface area contributed by atoms with E-state index in [1.807, 2.05) is 24.3 Å². The smallest absolute Gasteiger partial charge is 0.221 e. The lowest BCUT2D eigenvalue weighted by Gasteiger charge is -2.35. The van der Waals surface area contributed by atoms with Gasteiger partial charge in [-0.1, -0.05) is 31.4 Å². The van der Waals surface area contributed by atoms with Crippen LogP contribution in [0, 0.1) is 5.41 Å². The molecule has 4 N–H and O–H groups in total. The fourth-order valence-electron chi connectivity index (χ4n) is 3.32. The molecule has 0 unspecified atom stereocenters. The molecule has 126 valence electrons. The zero-order valence-electron chi connectivity index (χ0n) is 13.9. The molecule has 1 aromatic rings. The molecule has 0 radical (unpaired) electrons. The van der Waals surface area contributed by atoms with Gasteiger partial charge >= 0.3 is 0 Å². The van der Waals surface area contributed by atoms with Gasteiger partial charge < -0.3 is 16.4 Å². The van der Waals surface area contributed by atoms with E-state index >= 15 is 0 Å². The molecular formula is C18H27N3O2. The molecular weight excluding hydrogens is 290 g/mol. The van der Waals surface area contributed by atoms with Gasteiger partial charge in [0.05, 0.1) is 0 Å². The van der Waals surface area contributed by atoms with Crippen molar-refractivity contribution >= 4 is 17.5 Å². The maximum atomic E-state index is 12.3. The second kappa shape index (κ2) is 8.11. The summed E-state index contributed by atoms with van der Waals surface area (Å²) in [5.41, 5.74) is 7.64. The van der Waals surface area contributed by atoms with Crippen LogP contribution in [0.1, 0.15) is 51.0 Å². The Morgan fingerprint density at radius 2 is 1.96 bits per heavy atom. The lowest BCUT2D eigenvalue weighted by atomic mass is 9.71. The minimum atomic E-state index is -0.103. The van der Waals surface area contributed by atoms with Crippen LogP contribution in [-0.4, -0.2) is 18.4 Å². The number of hydrogen-bond acceptors (Lipinski definition) is 3. The van der Waals surface area contributed by atoms with Crippen molar-refractivity contribution in [1.82, 2.24) is 5.32 Å². The van der Waals surface area contributed by atoms with E-state index in [9.17, 15) is 9.59 Å². The summed E-state index contributed by atoms with van der Waals surface area (Å²) in [7, 11) is 0. The number of carbonyl (C=O) groups is 2. The monoisotopic (exact) mass is 317 g/mol. The van der Waals surface area contributed by atoms with Crippen molar-refractivity contribution in [3.63, 3.8) is 0 Å². The van der Waals surface area contributed by atoms with Crippen LogP contribution in [0.15, 0.2) is 24.3 Å². The van der Waals surface area contributed by atoms with Crippen molar-refractivity contribution in [3.05, 3.63) is 29.8 Å². The van der Waals surface area contributed by atoms with Gasteiger partial charge in [-0.25, -0.2) is 0 Å². The van der Waals surface area contributed by atoms with Gasteiger partial charge in [-0.2, -0.15) is 0 Å². The SMILES string of the molecule is CC(=O)Nc1cccc(CNC(=O)CC2(CN)CCCCC2)c1. The van der Waals surface area contributed by atoms with Gasteiger partial charge in [0.1, 0.15) is 0 Å². The first-order chi connectivity index (χ1) is 11.0. The molecule has 5 nitrogen and oxygen atoms in total. The van der Waals surface area contributed by atoms with Gasteiger partial charge in [0.2, 0.25) is 11.8 Å². The van der Waals surface area contributed by atoms with E-state index < -0.39 is 0 Å². The molecule has 23 heavy (non-hydrogen) atoms. The molecule has 1 aliphatic carbocycles. The van der Waals surface area contributed by atoms with Crippen LogP contribution < -0.4 is 16.4 Å². The molecule has 0 bridgehead atoms. The number of nitrogens with one attached hydrogen (secondary N) is 2. The van der Waals surface area contributed by atoms with Gasteiger partial charge in [-0.15, -0.1) is 0 Å². The first-order valence-corrected chi connectivity index (χ1v) is 8.36. The summed E-state index contributed by atoms with van der Waals surface area (Å²) in [6, 6.07) is 7.51. The third-order valence-electron chi connectivity index (χ3n) is 4.62. The second-order valence-corrected chi connectivity index (χ2v) is 6.60. The molecule has 5 heteroatoms. The summed E-state index contributed by atoms with van der Waals surface area (Å²) >= 11 is 0. The number of carbonyl (C=O) groups excluding carboxylic acids is 2. The Hall–Kier alpha value is -1.88. The molecule has 1 fully saturated rings. The molecule has 2 rings (SSSR count). The van der Waals surface area contributed by atoms with Crippen LogP contribution in [0.2, 0.25) is 0 Å². The zero-order chi connectivity index (χ0) is 16.7. The quantitative estimate of drug-likeness (QED) is 0.754. The first-order valence-electron chi connectivity index (χ1n) is 8.36. The highest BCUT2D eigenvalue weighted by Crippen LogP contribution is 2.38. The summed E-state index contributed by atoms with van der Waals surface area (Å²) in [4.78, 5) is 23.4. The van der Waals surface area contributed by atoms with Crippen molar-refractivity contribution in [3.8, 4) is 0 Å². The maximum absolute atomic E-state index is 12.3. The normalized spacial score (nSPS) is 16.6. The largest absolute Gasteiger partial charge is 0.352 e. The van der Waals surface area contributed by atoms with Gasteiger partial charge in [-0.3, -0.25) is 9.59 Å². The Bertz CT molecular complexity index is 551. The predicted octanol–water partition coefficient (Wildman–Crippen LogP) is 2.56. The third-order valence-corrected chi connectivity index (χ3v) is 4.62. The molecule has 0 aliphatic heterocycles. The van der Waals surface area contributed by atoms with E-state index in [0.717, 1.165) is 24.1 Å². The van der Waals surface area contributed by atoms with Crippen LogP contribution in [0.3, 0.4) is 0 Å². The van der Waals surface area contributed by atoms with E-state index in [2.05, 4.69) is 10.6 Å². The number of benzene rings is 1. The van der Waals surface area contributed by atoms with E-state index in [0.29, 0.717) is 19.5 Å². The first kappa shape index (κ1) is 17.5. The van der Waals surface area contributed by atoms with E-state index in [4.69, 9.17) is 5.73 Å². The summed E-state index contributed by atoms with van der Waals surface area (Å²) < 4.78 is 0. The molecule has 0 spiro atoms. The summed E-state index contributed by atoms with van der Waals surface area (Å²) in [6.07, 6.45) is 6.20. The van der Waals surface area contributed by atoms with Gasteiger partial charge in [0.15, 0.2) is 0 Å². The number of amides is 2. The fraction of sp³-hybridized carbons (Fsp3) is 0.556. The third kappa shape index (κ3) is 5.36. The lowest BCUT2D eigenvalue weighted by molar-refractivity contribution is -0.124. The zero-order valence-corrected chi connectivity index (χ0v) is 13.9. The van der Waals surface area contributed by atoms with Crippen molar-refractivity contribution in [2.45, 2.75) is 52.0 Å². The van der Waals surface area contributed by atoms with Crippen LogP contribution in [0.5, 0.6) is 0 Å². The summed E-state index contributed by atoms with van der Waals surface area (Å²) in [6.45, 7) is 2.52. The highest BCUT2D eigenvalue weighted by atomic mass is 16.2. The Morgan fingerprint density at radius 3 is 2.61 bits per heavy atom. The molecule has 0 aromatic heterocycles. The molecule has 1 saturated carbocycles. The predicted molar refractivity (Wildman–Crippen MR) is 91.8 cm³/mol. The van der Waals surface area contributed by atoms with Gasteiger partial charge in [0.25, 0.3) is 0 Å². The van der Waals surface area contributed by atoms with E-state index in [-0.39, 0.29) is 17.2 Å². The lowest BCUT2D eigenvalue weighted by Crippen LogP contribution is -2.38. The van der Waals surface area contributed by atoms with E-state index in [1.54, 1.807) is 0 Å². The van der Waals surface area contributed by atoms with Gasteiger partial charge in [-0.05, 0) is 42.5 Å². The fourth-order valence-corrected chi connectivity index (χ4v) is 3.32. The summed E-state index contributed by atoms with van der Waals surface area (Å²) in [5.74, 6) is -0.0457. The molecule has 1 aromatic carbocycles. The van der Waals surface area contributed by atoms with Crippen LogP contribution in [-0.2, 0) is 16.1 Å². The Labute approximate surface area is 138 Å². The highest BCUT2D eigenvalue weighted by Gasteiger charge is 2.32. The molecule has 0 saturated heterocycles. The average Bonchev–Trinajstić information content (AvgIpc) is 2.53. The molecule has 0 atom stereocenters. The van der Waals surface area contributed by atoms with Gasteiger partial charge in [0, 0.05) is 25.6 Å². The van der Waals surface area contributed by atoms with Crippen molar-refractivity contribution < 1.29 is 9.59 Å². The number of rotatable bonds is 6. The Kier molecular flexibility index (Phi) is 6.16. The Balaban J connectivity index is 1.87. The highest BCUT2D eigenvalue weighted by molar-refractivity contribution is 5.88. The van der Waals surface area contributed by atoms with E-state index in [1.165, 1.54) is 26.2 Å². The molecule has 0 heterocycles. The minimum Gasteiger partial charge on any atom is -0.352 e. The molecule has 2 amide bonds. The summed E-state index contributed by atoms with van der Waals surface area (Å²) in [5, 5.41) is 5.72. The van der Waals surface area contributed by atoms with Crippen LogP contribution >= 0.6 is 0 Å². The molecule has 1 aliphatic rings. The minimum absolute atomic E-state index is 0.0135. The average molecular weight is 317 g/mol.